The van der Waals surface area contributed by atoms with Crippen molar-refractivity contribution in [3.63, 3.8) is 0 Å². The van der Waals surface area contributed by atoms with E-state index in [2.05, 4.69) is 37.0 Å². The van der Waals surface area contributed by atoms with Gasteiger partial charge in [0, 0.05) is 11.4 Å². The van der Waals surface area contributed by atoms with Crippen LogP contribution in [-0.4, -0.2) is 4.98 Å². The van der Waals surface area contributed by atoms with Crippen molar-refractivity contribution in [3.8, 4) is 0 Å². The van der Waals surface area contributed by atoms with Crippen molar-refractivity contribution in [2.45, 2.75) is 23.9 Å². The van der Waals surface area contributed by atoms with Gasteiger partial charge in [0.2, 0.25) is 0 Å². The molecule has 2 N–H and O–H groups in total. The highest BCUT2D eigenvalue weighted by Crippen LogP contribution is 2.33. The number of nitrogens with two attached hydrogens (primary N) is 1. The highest BCUT2D eigenvalue weighted by atomic mass is 32.2. The molecule has 0 radical (unpaired) electrons. The Morgan fingerprint density at radius 1 is 1.15 bits per heavy atom. The van der Waals surface area contributed by atoms with Crippen LogP contribution in [0.1, 0.15) is 16.7 Å². The summed E-state index contributed by atoms with van der Waals surface area (Å²) in [6, 6.07) is 12.5. The minimum Gasteiger partial charge on any atom is -0.399 e. The van der Waals surface area contributed by atoms with E-state index < -0.39 is 0 Å². The maximum absolute atomic E-state index is 5.81. The van der Waals surface area contributed by atoms with Crippen LogP contribution in [-0.2, 0) is 5.75 Å². The molecule has 3 aromatic rings. The predicted molar refractivity (Wildman–Crippen MR) is 89.5 cm³/mol. The van der Waals surface area contributed by atoms with Crippen LogP contribution in [0.25, 0.3) is 10.2 Å². The van der Waals surface area contributed by atoms with Gasteiger partial charge < -0.3 is 5.73 Å². The average molecular weight is 300 g/mol. The van der Waals surface area contributed by atoms with E-state index in [4.69, 9.17) is 5.73 Å². The molecule has 102 valence electrons. The molecule has 0 spiro atoms. The number of thiazole rings is 1. The third kappa shape index (κ3) is 2.81. The second-order valence-corrected chi connectivity index (χ2v) is 7.18. The van der Waals surface area contributed by atoms with Crippen molar-refractivity contribution in [2.75, 3.05) is 5.73 Å². The molecule has 1 aromatic heterocycles. The smallest absolute Gasteiger partial charge is 0.151 e. The van der Waals surface area contributed by atoms with Gasteiger partial charge in [0.05, 0.1) is 10.2 Å². The normalized spacial score (nSPS) is 11.1. The van der Waals surface area contributed by atoms with Crippen LogP contribution in [0.5, 0.6) is 0 Å². The lowest BCUT2D eigenvalue weighted by molar-refractivity contribution is 1.25. The second kappa shape index (κ2) is 5.46. The molecule has 0 aliphatic carbocycles. The Balaban J connectivity index is 1.81. The zero-order chi connectivity index (χ0) is 14.1. The predicted octanol–water partition coefficient (Wildman–Crippen LogP) is 4.79. The molecule has 0 aliphatic heterocycles. The van der Waals surface area contributed by atoms with Gasteiger partial charge in [-0.2, -0.15) is 0 Å². The highest BCUT2D eigenvalue weighted by molar-refractivity contribution is 8.00. The highest BCUT2D eigenvalue weighted by Gasteiger charge is 2.06. The van der Waals surface area contributed by atoms with Crippen LogP contribution in [0, 0.1) is 13.8 Å². The SMILES string of the molecule is Cc1ccc(C)c(CSc2nc3ccc(N)cc3s2)c1. The summed E-state index contributed by atoms with van der Waals surface area (Å²) >= 11 is 3.51. The number of hydrogen-bond donors (Lipinski definition) is 1. The largest absolute Gasteiger partial charge is 0.399 e. The fourth-order valence-electron chi connectivity index (χ4n) is 2.08. The molecule has 20 heavy (non-hydrogen) atoms. The van der Waals surface area contributed by atoms with Gasteiger partial charge in [-0.05, 0) is 43.2 Å². The van der Waals surface area contributed by atoms with Crippen molar-refractivity contribution in [1.82, 2.24) is 4.98 Å². The van der Waals surface area contributed by atoms with E-state index in [0.717, 1.165) is 26.0 Å². The topological polar surface area (TPSA) is 38.9 Å². The molecule has 0 unspecified atom stereocenters. The van der Waals surface area contributed by atoms with Crippen molar-refractivity contribution >= 4 is 39.0 Å². The monoisotopic (exact) mass is 300 g/mol. The number of fused-ring (bicyclic) bond motifs is 1. The molecule has 0 amide bonds. The molecule has 2 aromatic carbocycles. The van der Waals surface area contributed by atoms with Gasteiger partial charge in [0.25, 0.3) is 0 Å². The number of aryl methyl sites for hydroxylation is 2. The summed E-state index contributed by atoms with van der Waals surface area (Å²) in [5.41, 5.74) is 11.7. The van der Waals surface area contributed by atoms with E-state index in [1.165, 1.54) is 16.7 Å². The van der Waals surface area contributed by atoms with E-state index >= 15 is 0 Å². The third-order valence-corrected chi connectivity index (χ3v) is 5.46. The van der Waals surface area contributed by atoms with Gasteiger partial charge in [-0.3, -0.25) is 0 Å². The Hall–Kier alpha value is -1.52. The fraction of sp³-hybridized carbons (Fsp3) is 0.188. The number of anilines is 1. The molecule has 2 nitrogen and oxygen atoms in total. The molecule has 0 atom stereocenters. The van der Waals surface area contributed by atoms with Crippen LogP contribution in [0.2, 0.25) is 0 Å². The van der Waals surface area contributed by atoms with Crippen LogP contribution in [0.15, 0.2) is 40.7 Å². The number of aromatic nitrogens is 1. The number of hydrogen-bond acceptors (Lipinski definition) is 4. The first kappa shape index (κ1) is 13.5. The lowest BCUT2D eigenvalue weighted by Gasteiger charge is -2.05. The number of nitrogens with zero attached hydrogens (tertiary/aromatic N) is 1. The molecule has 0 fully saturated rings. The second-order valence-electron chi connectivity index (χ2n) is 4.93. The Bertz CT molecular complexity index is 762. The summed E-state index contributed by atoms with van der Waals surface area (Å²) < 4.78 is 2.26. The van der Waals surface area contributed by atoms with E-state index in [-0.39, 0.29) is 0 Å². The molecule has 4 heteroatoms. The van der Waals surface area contributed by atoms with E-state index in [1.807, 2.05) is 18.2 Å². The Labute approximate surface area is 127 Å². The van der Waals surface area contributed by atoms with Gasteiger partial charge in [-0.15, -0.1) is 11.3 Å². The minimum atomic E-state index is 0.798. The molecular formula is C16H16N2S2. The first-order valence-corrected chi connectivity index (χ1v) is 8.27. The third-order valence-electron chi connectivity index (χ3n) is 3.25. The van der Waals surface area contributed by atoms with E-state index in [9.17, 15) is 0 Å². The maximum Gasteiger partial charge on any atom is 0.151 e. The van der Waals surface area contributed by atoms with E-state index in [1.54, 1.807) is 23.1 Å². The molecule has 0 saturated carbocycles. The van der Waals surface area contributed by atoms with Crippen LogP contribution < -0.4 is 5.73 Å². The van der Waals surface area contributed by atoms with Crippen molar-refractivity contribution in [2.24, 2.45) is 0 Å². The van der Waals surface area contributed by atoms with Crippen LogP contribution in [0.3, 0.4) is 0 Å². The number of rotatable bonds is 3. The first-order valence-electron chi connectivity index (χ1n) is 6.47. The molecule has 0 aliphatic rings. The molecular weight excluding hydrogens is 284 g/mol. The summed E-state index contributed by atoms with van der Waals surface area (Å²) in [5.74, 6) is 0.961. The Morgan fingerprint density at radius 3 is 2.85 bits per heavy atom. The van der Waals surface area contributed by atoms with Gasteiger partial charge in [-0.25, -0.2) is 4.98 Å². The van der Waals surface area contributed by atoms with E-state index in [0.29, 0.717) is 0 Å². The van der Waals surface area contributed by atoms with Gasteiger partial charge >= 0.3 is 0 Å². The molecule has 3 rings (SSSR count). The van der Waals surface area contributed by atoms with Crippen molar-refractivity contribution < 1.29 is 0 Å². The number of benzene rings is 2. The molecule has 0 bridgehead atoms. The minimum absolute atomic E-state index is 0.798. The summed E-state index contributed by atoms with van der Waals surface area (Å²) in [7, 11) is 0. The summed E-state index contributed by atoms with van der Waals surface area (Å²) in [6.45, 7) is 4.29. The fourth-order valence-corrected chi connectivity index (χ4v) is 4.26. The summed E-state index contributed by atoms with van der Waals surface area (Å²) in [4.78, 5) is 4.65. The standard InChI is InChI=1S/C16H16N2S2/c1-10-3-4-11(2)12(7-10)9-19-16-18-14-6-5-13(17)8-15(14)20-16/h3-8H,9,17H2,1-2H3. The summed E-state index contributed by atoms with van der Waals surface area (Å²) in [6.07, 6.45) is 0. The molecule has 1 heterocycles. The Morgan fingerprint density at radius 2 is 2.00 bits per heavy atom. The lowest BCUT2D eigenvalue weighted by atomic mass is 10.1. The van der Waals surface area contributed by atoms with Crippen molar-refractivity contribution in [1.29, 1.82) is 0 Å². The van der Waals surface area contributed by atoms with Gasteiger partial charge in [0.1, 0.15) is 0 Å². The summed E-state index contributed by atoms with van der Waals surface area (Å²) in [5, 5.41) is 0. The average Bonchev–Trinajstić information content (AvgIpc) is 2.81. The van der Waals surface area contributed by atoms with Crippen LogP contribution >= 0.6 is 23.1 Å². The first-order chi connectivity index (χ1) is 9.61. The zero-order valence-electron chi connectivity index (χ0n) is 11.5. The van der Waals surface area contributed by atoms with Crippen LogP contribution in [0.4, 0.5) is 5.69 Å². The van der Waals surface area contributed by atoms with Gasteiger partial charge in [0.15, 0.2) is 4.34 Å². The Kier molecular flexibility index (Phi) is 3.68. The van der Waals surface area contributed by atoms with Crippen molar-refractivity contribution in [3.05, 3.63) is 53.1 Å². The zero-order valence-corrected chi connectivity index (χ0v) is 13.1. The quantitative estimate of drug-likeness (QED) is 0.558. The molecule has 0 saturated heterocycles. The van der Waals surface area contributed by atoms with Gasteiger partial charge in [-0.1, -0.05) is 35.5 Å². The number of thioether (sulfide) groups is 1. The lowest BCUT2D eigenvalue weighted by Crippen LogP contribution is -1.87. The number of nitrogen functional groups attached to an aromatic ring is 1. The maximum atomic E-state index is 5.81.